The number of esters is 2. The summed E-state index contributed by atoms with van der Waals surface area (Å²) in [5, 5.41) is 0. The van der Waals surface area contributed by atoms with Crippen LogP contribution in [0, 0.1) is 23.2 Å². The number of ether oxygens (including phenoxy) is 2. The van der Waals surface area contributed by atoms with Crippen LogP contribution in [-0.2, 0) is 19.1 Å². The van der Waals surface area contributed by atoms with E-state index in [-0.39, 0.29) is 31.0 Å². The van der Waals surface area contributed by atoms with Crippen molar-refractivity contribution in [2.75, 3.05) is 13.2 Å². The van der Waals surface area contributed by atoms with Crippen molar-refractivity contribution in [3.63, 3.8) is 0 Å². The topological polar surface area (TPSA) is 52.6 Å². The molecule has 0 saturated heterocycles. The van der Waals surface area contributed by atoms with Gasteiger partial charge in [-0.05, 0) is 32.1 Å². The van der Waals surface area contributed by atoms with E-state index in [1.807, 2.05) is 13.0 Å². The predicted octanol–water partition coefficient (Wildman–Crippen LogP) is 1.94. The quantitative estimate of drug-likeness (QED) is 0.436. The summed E-state index contributed by atoms with van der Waals surface area (Å²) in [6.45, 7) is 6.03. The molecule has 0 aromatic heterocycles. The van der Waals surface area contributed by atoms with Gasteiger partial charge in [-0.2, -0.15) is 0 Å². The predicted molar refractivity (Wildman–Crippen MR) is 65.6 cm³/mol. The lowest BCUT2D eigenvalue weighted by atomic mass is 9.69. The highest BCUT2D eigenvalue weighted by molar-refractivity contribution is 6.02. The van der Waals surface area contributed by atoms with Crippen molar-refractivity contribution in [2.45, 2.75) is 27.2 Å². The zero-order valence-electron chi connectivity index (χ0n) is 11.1. The van der Waals surface area contributed by atoms with E-state index in [9.17, 15) is 9.59 Å². The van der Waals surface area contributed by atoms with Crippen LogP contribution >= 0.6 is 0 Å². The minimum absolute atomic E-state index is 0.0504. The zero-order chi connectivity index (χ0) is 13.3. The van der Waals surface area contributed by atoms with E-state index in [2.05, 4.69) is 6.08 Å². The fourth-order valence-corrected chi connectivity index (χ4v) is 3.37. The zero-order valence-corrected chi connectivity index (χ0v) is 11.1. The lowest BCUT2D eigenvalue weighted by Crippen LogP contribution is -2.49. The molecular weight excluding hydrogens is 232 g/mol. The first-order valence-corrected chi connectivity index (χ1v) is 6.61. The lowest BCUT2D eigenvalue weighted by Gasteiger charge is -2.35. The standard InChI is InChI=1S/C14H20O4/c1-4-17-12(15)14(13(16)18-5-2)9(3)10-6-7-11(14)8-10/h6-7,9-11H,4-5,8H2,1-3H3/t9-,10-,11+/m1/s1. The lowest BCUT2D eigenvalue weighted by molar-refractivity contribution is -0.178. The second kappa shape index (κ2) is 4.75. The van der Waals surface area contributed by atoms with E-state index in [0.29, 0.717) is 0 Å². The number of fused-ring (bicyclic) bond motifs is 2. The van der Waals surface area contributed by atoms with Crippen molar-refractivity contribution >= 4 is 11.9 Å². The maximum Gasteiger partial charge on any atom is 0.324 e. The molecule has 2 rings (SSSR count). The number of rotatable bonds is 4. The SMILES string of the molecule is CCOC(=O)C1(C(=O)OCC)[C@H](C)[C@@H]2C=C[C@H]1C2. The van der Waals surface area contributed by atoms with Crippen LogP contribution in [0.4, 0.5) is 0 Å². The second-order valence-electron chi connectivity index (χ2n) is 4.99. The number of carbonyl (C=O) groups excluding carboxylic acids is 2. The molecule has 4 heteroatoms. The molecule has 1 fully saturated rings. The number of carbonyl (C=O) groups is 2. The average Bonchev–Trinajstić information content (AvgIpc) is 2.89. The van der Waals surface area contributed by atoms with E-state index in [1.54, 1.807) is 13.8 Å². The molecule has 0 spiro atoms. The first-order chi connectivity index (χ1) is 8.58. The summed E-state index contributed by atoms with van der Waals surface area (Å²) in [4.78, 5) is 24.7. The van der Waals surface area contributed by atoms with Gasteiger partial charge in [0.2, 0.25) is 0 Å². The average molecular weight is 252 g/mol. The van der Waals surface area contributed by atoms with Crippen molar-refractivity contribution in [3.05, 3.63) is 12.2 Å². The Morgan fingerprint density at radius 3 is 2.11 bits per heavy atom. The van der Waals surface area contributed by atoms with Gasteiger partial charge in [0, 0.05) is 5.92 Å². The molecule has 0 heterocycles. The summed E-state index contributed by atoms with van der Waals surface area (Å²) < 4.78 is 10.3. The van der Waals surface area contributed by atoms with Crippen LogP contribution in [0.5, 0.6) is 0 Å². The highest BCUT2D eigenvalue weighted by Crippen LogP contribution is 2.57. The van der Waals surface area contributed by atoms with Crippen molar-refractivity contribution < 1.29 is 19.1 Å². The van der Waals surface area contributed by atoms with Gasteiger partial charge in [0.25, 0.3) is 0 Å². The Bertz CT molecular complexity index is 367. The van der Waals surface area contributed by atoms with Gasteiger partial charge in [0.15, 0.2) is 5.41 Å². The van der Waals surface area contributed by atoms with Crippen LogP contribution in [0.2, 0.25) is 0 Å². The molecule has 100 valence electrons. The third kappa shape index (κ3) is 1.58. The van der Waals surface area contributed by atoms with Crippen LogP contribution in [0.25, 0.3) is 0 Å². The molecule has 18 heavy (non-hydrogen) atoms. The van der Waals surface area contributed by atoms with Crippen LogP contribution in [-0.4, -0.2) is 25.2 Å². The van der Waals surface area contributed by atoms with Gasteiger partial charge in [0.1, 0.15) is 0 Å². The summed E-state index contributed by atoms with van der Waals surface area (Å²) >= 11 is 0. The van der Waals surface area contributed by atoms with Gasteiger partial charge < -0.3 is 9.47 Å². The Balaban J connectivity index is 2.38. The van der Waals surface area contributed by atoms with Crippen molar-refractivity contribution in [1.29, 1.82) is 0 Å². The molecule has 0 amide bonds. The maximum absolute atomic E-state index is 12.3. The Kier molecular flexibility index (Phi) is 3.46. The Morgan fingerprint density at radius 1 is 1.17 bits per heavy atom. The normalized spacial score (nSPS) is 31.4. The van der Waals surface area contributed by atoms with E-state index in [4.69, 9.17) is 9.47 Å². The van der Waals surface area contributed by atoms with Gasteiger partial charge >= 0.3 is 11.9 Å². The van der Waals surface area contributed by atoms with E-state index >= 15 is 0 Å². The minimum atomic E-state index is -1.12. The number of allylic oxidation sites excluding steroid dienone is 2. The highest BCUT2D eigenvalue weighted by Gasteiger charge is 2.65. The van der Waals surface area contributed by atoms with Crippen LogP contribution in [0.3, 0.4) is 0 Å². The first kappa shape index (κ1) is 13.1. The summed E-state index contributed by atoms with van der Waals surface area (Å²) in [7, 11) is 0. The molecule has 4 nitrogen and oxygen atoms in total. The molecule has 0 aliphatic heterocycles. The fourth-order valence-electron chi connectivity index (χ4n) is 3.37. The van der Waals surface area contributed by atoms with Crippen molar-refractivity contribution in [2.24, 2.45) is 23.2 Å². The minimum Gasteiger partial charge on any atom is -0.465 e. The third-order valence-corrected chi connectivity index (χ3v) is 4.29. The fraction of sp³-hybridized carbons (Fsp3) is 0.714. The summed E-state index contributed by atoms with van der Waals surface area (Å²) in [6, 6.07) is 0. The molecule has 0 unspecified atom stereocenters. The van der Waals surface area contributed by atoms with Crippen LogP contribution < -0.4 is 0 Å². The number of hydrogen-bond donors (Lipinski definition) is 0. The van der Waals surface area contributed by atoms with Crippen molar-refractivity contribution in [3.8, 4) is 0 Å². The smallest absolute Gasteiger partial charge is 0.324 e. The highest BCUT2D eigenvalue weighted by atomic mass is 16.6. The van der Waals surface area contributed by atoms with Gasteiger partial charge in [-0.1, -0.05) is 19.1 Å². The van der Waals surface area contributed by atoms with E-state index < -0.39 is 17.4 Å². The molecule has 0 aromatic carbocycles. The van der Waals surface area contributed by atoms with Crippen molar-refractivity contribution in [1.82, 2.24) is 0 Å². The Hall–Kier alpha value is -1.32. The first-order valence-electron chi connectivity index (χ1n) is 6.61. The van der Waals surface area contributed by atoms with Crippen LogP contribution in [0.1, 0.15) is 27.2 Å². The van der Waals surface area contributed by atoms with Gasteiger partial charge in [0.05, 0.1) is 13.2 Å². The largest absolute Gasteiger partial charge is 0.465 e. The molecule has 2 aliphatic carbocycles. The molecule has 2 aliphatic rings. The second-order valence-corrected chi connectivity index (χ2v) is 4.99. The molecule has 1 saturated carbocycles. The van der Waals surface area contributed by atoms with Crippen LogP contribution in [0.15, 0.2) is 12.2 Å². The molecule has 3 atom stereocenters. The molecule has 0 aromatic rings. The number of hydrogen-bond acceptors (Lipinski definition) is 4. The Morgan fingerprint density at radius 2 is 1.72 bits per heavy atom. The molecular formula is C14H20O4. The summed E-state index contributed by atoms with van der Waals surface area (Å²) in [5.41, 5.74) is -1.12. The molecule has 2 bridgehead atoms. The molecule has 0 radical (unpaired) electrons. The monoisotopic (exact) mass is 252 g/mol. The summed E-state index contributed by atoms with van der Waals surface area (Å²) in [5.74, 6) is -0.689. The maximum atomic E-state index is 12.3. The summed E-state index contributed by atoms with van der Waals surface area (Å²) in [6.07, 6.45) is 4.92. The Labute approximate surface area is 107 Å². The van der Waals surface area contributed by atoms with E-state index in [1.165, 1.54) is 0 Å². The third-order valence-electron chi connectivity index (χ3n) is 4.29. The molecule has 0 N–H and O–H groups in total. The van der Waals surface area contributed by atoms with E-state index in [0.717, 1.165) is 6.42 Å². The van der Waals surface area contributed by atoms with Gasteiger partial charge in [-0.15, -0.1) is 0 Å². The van der Waals surface area contributed by atoms with Gasteiger partial charge in [-0.3, -0.25) is 9.59 Å². The van der Waals surface area contributed by atoms with Gasteiger partial charge in [-0.25, -0.2) is 0 Å².